The largest absolute Gasteiger partial charge is 0.391 e. The maximum atomic E-state index is 12.7. The molecule has 2 atom stereocenters. The van der Waals surface area contributed by atoms with E-state index in [1.165, 1.54) is 16.7 Å². The highest BCUT2D eigenvalue weighted by Gasteiger charge is 2.45. The fourth-order valence-electron chi connectivity index (χ4n) is 3.44. The highest BCUT2D eigenvalue weighted by molar-refractivity contribution is 8.13. The third-order valence-corrected chi connectivity index (χ3v) is 7.51. The van der Waals surface area contributed by atoms with Gasteiger partial charge in [0.05, 0.1) is 12.0 Å². The molecule has 0 saturated heterocycles. The van der Waals surface area contributed by atoms with Crippen LogP contribution < -0.4 is 0 Å². The van der Waals surface area contributed by atoms with Crippen LogP contribution in [0, 0.1) is 5.92 Å². The van der Waals surface area contributed by atoms with Gasteiger partial charge in [-0.3, -0.25) is 4.79 Å². The van der Waals surface area contributed by atoms with E-state index in [0.29, 0.717) is 0 Å². The van der Waals surface area contributed by atoms with E-state index in [2.05, 4.69) is 12.1 Å². The summed E-state index contributed by atoms with van der Waals surface area (Å²) in [6, 6.07) is 19.9. The van der Waals surface area contributed by atoms with Crippen LogP contribution >= 0.6 is 23.5 Å². The standard InChI is InChI=1S/C21H24O2S2/c1-16(20(23)24-17-10-4-2-5-11-17)19(22)21(14-8-9-15-21)25-18-12-6-3-7-13-18/h2-7,10-13,16,19,22H,8-9,14-15H2,1H3/t16-,19-/m0/s1. The van der Waals surface area contributed by atoms with Gasteiger partial charge in [0.25, 0.3) is 0 Å². The minimum Gasteiger partial charge on any atom is -0.391 e. The number of hydrogen-bond donors (Lipinski definition) is 1. The zero-order chi connectivity index (χ0) is 17.7. The Kier molecular flexibility index (Phi) is 6.26. The van der Waals surface area contributed by atoms with Crippen LogP contribution in [-0.4, -0.2) is 21.1 Å². The van der Waals surface area contributed by atoms with Gasteiger partial charge in [-0.25, -0.2) is 0 Å². The molecule has 0 unspecified atom stereocenters. The molecule has 0 heterocycles. The fourth-order valence-corrected chi connectivity index (χ4v) is 5.86. The molecule has 1 aliphatic carbocycles. The van der Waals surface area contributed by atoms with Crippen molar-refractivity contribution in [2.45, 2.75) is 53.2 Å². The second kappa shape index (κ2) is 8.43. The summed E-state index contributed by atoms with van der Waals surface area (Å²) >= 11 is 2.98. The van der Waals surface area contributed by atoms with Gasteiger partial charge in [-0.2, -0.15) is 0 Å². The van der Waals surface area contributed by atoms with Crippen molar-refractivity contribution in [3.63, 3.8) is 0 Å². The van der Waals surface area contributed by atoms with Crippen molar-refractivity contribution in [1.29, 1.82) is 0 Å². The number of hydrogen-bond acceptors (Lipinski definition) is 4. The SMILES string of the molecule is C[C@H](C(=O)Sc1ccccc1)[C@H](O)C1(Sc2ccccc2)CCCC1. The molecule has 0 aromatic heterocycles. The lowest BCUT2D eigenvalue weighted by atomic mass is 9.90. The third-order valence-electron chi connectivity index (χ3n) is 4.86. The van der Waals surface area contributed by atoms with Gasteiger partial charge in [-0.15, -0.1) is 11.8 Å². The molecular formula is C21H24O2S2. The molecule has 25 heavy (non-hydrogen) atoms. The van der Waals surface area contributed by atoms with E-state index in [1.807, 2.05) is 55.5 Å². The zero-order valence-electron chi connectivity index (χ0n) is 14.4. The van der Waals surface area contributed by atoms with Crippen molar-refractivity contribution in [3.05, 3.63) is 60.7 Å². The van der Waals surface area contributed by atoms with E-state index >= 15 is 0 Å². The number of rotatable bonds is 6. The zero-order valence-corrected chi connectivity index (χ0v) is 16.1. The lowest BCUT2D eigenvalue weighted by molar-refractivity contribution is -0.117. The first-order valence-corrected chi connectivity index (χ1v) is 10.4. The Balaban J connectivity index is 1.73. The Hall–Kier alpha value is -1.23. The predicted molar refractivity (Wildman–Crippen MR) is 106 cm³/mol. The van der Waals surface area contributed by atoms with E-state index in [-0.39, 0.29) is 15.8 Å². The average Bonchev–Trinajstić information content (AvgIpc) is 3.11. The monoisotopic (exact) mass is 372 g/mol. The number of carbonyl (C=O) groups is 1. The molecule has 0 amide bonds. The fraction of sp³-hybridized carbons (Fsp3) is 0.381. The topological polar surface area (TPSA) is 37.3 Å². The van der Waals surface area contributed by atoms with Gasteiger partial charge in [0.1, 0.15) is 0 Å². The molecule has 1 aliphatic rings. The Bertz CT molecular complexity index is 682. The summed E-state index contributed by atoms with van der Waals surface area (Å²) in [6.45, 7) is 1.87. The maximum Gasteiger partial charge on any atom is 0.199 e. The summed E-state index contributed by atoms with van der Waals surface area (Å²) in [5.74, 6) is -0.389. The van der Waals surface area contributed by atoms with E-state index in [1.54, 1.807) is 11.8 Å². The van der Waals surface area contributed by atoms with Crippen molar-refractivity contribution in [2.75, 3.05) is 0 Å². The van der Waals surface area contributed by atoms with Gasteiger partial charge >= 0.3 is 0 Å². The number of aliphatic hydroxyl groups excluding tert-OH is 1. The first-order chi connectivity index (χ1) is 12.1. The summed E-state index contributed by atoms with van der Waals surface area (Å²) in [5.41, 5.74) is 0. The van der Waals surface area contributed by atoms with Crippen molar-refractivity contribution < 1.29 is 9.90 Å². The summed E-state index contributed by atoms with van der Waals surface area (Å²) in [7, 11) is 0. The van der Waals surface area contributed by atoms with Crippen molar-refractivity contribution in [1.82, 2.24) is 0 Å². The van der Waals surface area contributed by atoms with Gasteiger partial charge in [0.15, 0.2) is 5.12 Å². The van der Waals surface area contributed by atoms with Crippen LogP contribution in [0.5, 0.6) is 0 Å². The molecule has 2 nitrogen and oxygen atoms in total. The van der Waals surface area contributed by atoms with Crippen LogP contribution in [0.25, 0.3) is 0 Å². The van der Waals surface area contributed by atoms with Gasteiger partial charge in [-0.05, 0) is 37.1 Å². The first-order valence-electron chi connectivity index (χ1n) is 8.80. The molecule has 0 radical (unpaired) electrons. The van der Waals surface area contributed by atoms with E-state index in [4.69, 9.17) is 0 Å². The highest BCUT2D eigenvalue weighted by Crippen LogP contribution is 2.49. The minimum atomic E-state index is -0.635. The normalized spacial score (nSPS) is 18.6. The van der Waals surface area contributed by atoms with E-state index in [0.717, 1.165) is 30.6 Å². The Labute approximate surface area is 158 Å². The summed E-state index contributed by atoms with van der Waals surface area (Å²) < 4.78 is -0.256. The molecule has 0 spiro atoms. The minimum absolute atomic E-state index is 0.0404. The number of thioether (sulfide) groups is 2. The molecule has 2 aromatic rings. The number of aliphatic hydroxyl groups is 1. The lowest BCUT2D eigenvalue weighted by Crippen LogP contribution is -2.43. The van der Waals surface area contributed by atoms with Crippen LogP contribution in [0.3, 0.4) is 0 Å². The molecule has 1 N–H and O–H groups in total. The second-order valence-corrected chi connectivity index (χ2v) is 9.22. The smallest absolute Gasteiger partial charge is 0.199 e. The van der Waals surface area contributed by atoms with Crippen molar-refractivity contribution in [2.24, 2.45) is 5.92 Å². The quantitative estimate of drug-likeness (QED) is 0.688. The van der Waals surface area contributed by atoms with E-state index < -0.39 is 6.10 Å². The van der Waals surface area contributed by atoms with Gasteiger partial charge in [0, 0.05) is 14.5 Å². The van der Waals surface area contributed by atoms with Crippen LogP contribution in [0.15, 0.2) is 70.5 Å². The van der Waals surface area contributed by atoms with E-state index in [9.17, 15) is 9.90 Å². The average molecular weight is 373 g/mol. The van der Waals surface area contributed by atoms with Gasteiger partial charge < -0.3 is 5.11 Å². The Morgan fingerprint density at radius 3 is 2.04 bits per heavy atom. The molecule has 0 aliphatic heterocycles. The summed E-state index contributed by atoms with van der Waals surface area (Å²) in [4.78, 5) is 14.8. The van der Waals surface area contributed by atoms with Crippen LogP contribution in [0.1, 0.15) is 32.6 Å². The molecule has 1 fully saturated rings. The molecule has 3 rings (SSSR count). The highest BCUT2D eigenvalue weighted by atomic mass is 32.2. The van der Waals surface area contributed by atoms with Crippen molar-refractivity contribution >= 4 is 28.6 Å². The van der Waals surface area contributed by atoms with Crippen LogP contribution in [-0.2, 0) is 4.79 Å². The molecule has 2 aromatic carbocycles. The Morgan fingerprint density at radius 2 is 1.48 bits per heavy atom. The summed E-state index contributed by atoms with van der Waals surface area (Å²) in [6.07, 6.45) is 3.51. The molecular weight excluding hydrogens is 348 g/mol. The van der Waals surface area contributed by atoms with Gasteiger partial charge in [0.2, 0.25) is 0 Å². The molecule has 4 heteroatoms. The second-order valence-electron chi connectivity index (χ2n) is 6.65. The van der Waals surface area contributed by atoms with Crippen molar-refractivity contribution in [3.8, 4) is 0 Å². The summed E-state index contributed by atoms with van der Waals surface area (Å²) in [5, 5.41) is 11.2. The van der Waals surface area contributed by atoms with Gasteiger partial charge in [-0.1, -0.05) is 67.9 Å². The maximum absolute atomic E-state index is 12.7. The molecule has 1 saturated carbocycles. The van der Waals surface area contributed by atoms with Crippen LogP contribution in [0.4, 0.5) is 0 Å². The van der Waals surface area contributed by atoms with Crippen LogP contribution in [0.2, 0.25) is 0 Å². The Morgan fingerprint density at radius 1 is 0.960 bits per heavy atom. The lowest BCUT2D eigenvalue weighted by Gasteiger charge is -2.36. The predicted octanol–water partition coefficient (Wildman–Crippen LogP) is 5.41. The molecule has 132 valence electrons. The molecule has 0 bridgehead atoms. The number of carbonyl (C=O) groups excluding carboxylic acids is 1. The number of benzene rings is 2. The third kappa shape index (κ3) is 4.49. The first kappa shape index (κ1) is 18.6.